The highest BCUT2D eigenvalue weighted by molar-refractivity contribution is 6.00. The Morgan fingerprint density at radius 1 is 1.11 bits per heavy atom. The van der Waals surface area contributed by atoms with Gasteiger partial charge in [0.2, 0.25) is 5.88 Å². The molecule has 0 bridgehead atoms. The Morgan fingerprint density at radius 3 is 2.71 bits per heavy atom. The van der Waals surface area contributed by atoms with Crippen LogP contribution in [0.25, 0.3) is 27.7 Å². The second-order valence-electron chi connectivity index (χ2n) is 8.96. The Balaban J connectivity index is 1.23. The topological polar surface area (TPSA) is 119 Å². The summed E-state index contributed by atoms with van der Waals surface area (Å²) >= 11 is 0. The Kier molecular flexibility index (Phi) is 5.03. The number of nitrogens with one attached hydrogen (secondary N) is 1. The van der Waals surface area contributed by atoms with Crippen LogP contribution in [-0.2, 0) is 6.42 Å². The lowest BCUT2D eigenvalue weighted by molar-refractivity contribution is 0.327. The minimum absolute atomic E-state index is 0.306. The average Bonchev–Trinajstić information content (AvgIpc) is 3.44. The number of rotatable bonds is 7. The first-order valence-corrected chi connectivity index (χ1v) is 11.5. The summed E-state index contributed by atoms with van der Waals surface area (Å²) in [5.41, 5.74) is 11.1. The molecule has 5 aromatic heterocycles. The highest BCUT2D eigenvalue weighted by atomic mass is 16.5. The van der Waals surface area contributed by atoms with E-state index in [1.165, 1.54) is 0 Å². The summed E-state index contributed by atoms with van der Waals surface area (Å²) in [6.07, 6.45) is 8.15. The Bertz CT molecular complexity index is 1480. The summed E-state index contributed by atoms with van der Waals surface area (Å²) < 4.78 is 12.8. The molecular formula is C25H26N8O2. The van der Waals surface area contributed by atoms with E-state index in [-0.39, 0.29) is 5.54 Å². The number of H-pyrrole nitrogens is 1. The molecule has 0 radical (unpaired) electrons. The molecule has 1 saturated heterocycles. The second-order valence-corrected chi connectivity index (χ2v) is 8.96. The maximum Gasteiger partial charge on any atom is 0.212 e. The largest absolute Gasteiger partial charge is 0.492 e. The molecule has 0 spiro atoms. The van der Waals surface area contributed by atoms with Gasteiger partial charge < -0.3 is 20.1 Å². The number of hydrogen-bond acceptors (Lipinski definition) is 8. The molecule has 0 amide bonds. The summed E-state index contributed by atoms with van der Waals surface area (Å²) in [4.78, 5) is 11.2. The maximum atomic E-state index is 6.63. The zero-order valence-electron chi connectivity index (χ0n) is 19.6. The van der Waals surface area contributed by atoms with Crippen molar-refractivity contribution in [3.05, 3.63) is 60.7 Å². The summed E-state index contributed by atoms with van der Waals surface area (Å²) in [7, 11) is 1.61. The molecule has 10 nitrogen and oxygen atoms in total. The van der Waals surface area contributed by atoms with Crippen LogP contribution in [-0.4, -0.2) is 62.1 Å². The third-order valence-corrected chi connectivity index (χ3v) is 6.37. The average molecular weight is 471 g/mol. The number of aromatic nitrogens is 6. The molecule has 1 fully saturated rings. The van der Waals surface area contributed by atoms with Gasteiger partial charge in [0.05, 0.1) is 42.6 Å². The lowest BCUT2D eigenvalue weighted by atomic mass is 9.85. The van der Waals surface area contributed by atoms with E-state index in [0.717, 1.165) is 64.3 Å². The van der Waals surface area contributed by atoms with Crippen LogP contribution < -0.4 is 20.1 Å². The van der Waals surface area contributed by atoms with E-state index >= 15 is 0 Å². The van der Waals surface area contributed by atoms with Crippen LogP contribution in [0.4, 0.5) is 5.82 Å². The minimum atomic E-state index is -0.306. The number of ether oxygens (including phenoxy) is 2. The number of pyridine rings is 3. The van der Waals surface area contributed by atoms with Crippen molar-refractivity contribution in [2.45, 2.75) is 18.9 Å². The summed E-state index contributed by atoms with van der Waals surface area (Å²) in [6, 6.07) is 10.0. The summed E-state index contributed by atoms with van der Waals surface area (Å²) in [5.74, 6) is 2.26. The van der Waals surface area contributed by atoms with E-state index in [2.05, 4.69) is 31.2 Å². The van der Waals surface area contributed by atoms with Gasteiger partial charge in [-0.3, -0.25) is 5.10 Å². The van der Waals surface area contributed by atoms with Crippen molar-refractivity contribution in [2.75, 3.05) is 31.7 Å². The van der Waals surface area contributed by atoms with Gasteiger partial charge in [0.1, 0.15) is 11.6 Å². The molecule has 0 aromatic carbocycles. The number of anilines is 1. The number of hydrogen-bond donors (Lipinski definition) is 2. The first-order chi connectivity index (χ1) is 17.0. The van der Waals surface area contributed by atoms with E-state index in [1.54, 1.807) is 13.3 Å². The van der Waals surface area contributed by atoms with Crippen molar-refractivity contribution < 1.29 is 9.47 Å². The molecule has 6 rings (SSSR count). The SMILES string of the molecule is CCOc1cc(-c2ccc(N3CC(N)(Cc4ccc(OC)nc4)C3)nc2)c2c3cn[nH]c3nn2c1. The Morgan fingerprint density at radius 2 is 2.00 bits per heavy atom. The maximum absolute atomic E-state index is 6.63. The monoisotopic (exact) mass is 470 g/mol. The standard InChI is InChI=1S/C25H26N8O2/c1-3-35-18-8-19(23-20-12-29-30-24(20)31-33(23)13-18)17-5-6-21(27-11-17)32-14-25(26,15-32)9-16-4-7-22(34-2)28-10-16/h4-8,10-13H,3,9,14-15,26H2,1-2H3,(H,30,31). The van der Waals surface area contributed by atoms with Gasteiger partial charge in [-0.2, -0.15) is 5.10 Å². The third-order valence-electron chi connectivity index (χ3n) is 6.37. The van der Waals surface area contributed by atoms with E-state index in [4.69, 9.17) is 20.2 Å². The highest BCUT2D eigenvalue weighted by Gasteiger charge is 2.40. The van der Waals surface area contributed by atoms with Crippen LogP contribution in [0.3, 0.4) is 0 Å². The zero-order valence-corrected chi connectivity index (χ0v) is 19.6. The van der Waals surface area contributed by atoms with E-state index in [0.29, 0.717) is 12.5 Å². The molecular weight excluding hydrogens is 444 g/mol. The number of aromatic amines is 1. The van der Waals surface area contributed by atoms with Crippen LogP contribution in [0, 0.1) is 0 Å². The van der Waals surface area contributed by atoms with Crippen LogP contribution in [0.15, 0.2) is 55.1 Å². The molecule has 0 saturated carbocycles. The first-order valence-electron chi connectivity index (χ1n) is 11.5. The van der Waals surface area contributed by atoms with Crippen LogP contribution in [0.1, 0.15) is 12.5 Å². The normalized spacial score (nSPS) is 14.9. The van der Waals surface area contributed by atoms with Crippen LogP contribution in [0.5, 0.6) is 11.6 Å². The molecule has 178 valence electrons. The molecule has 3 N–H and O–H groups in total. The highest BCUT2D eigenvalue weighted by Crippen LogP contribution is 2.34. The van der Waals surface area contributed by atoms with Gasteiger partial charge in [-0.25, -0.2) is 14.5 Å². The molecule has 1 aliphatic rings. The summed E-state index contributed by atoms with van der Waals surface area (Å²) in [6.45, 7) is 4.00. The van der Waals surface area contributed by atoms with Crippen LogP contribution >= 0.6 is 0 Å². The first kappa shape index (κ1) is 21.4. The lowest BCUT2D eigenvalue weighted by Crippen LogP contribution is -2.68. The third kappa shape index (κ3) is 3.81. The van der Waals surface area contributed by atoms with Crippen molar-refractivity contribution in [3.8, 4) is 22.8 Å². The van der Waals surface area contributed by atoms with E-state index < -0.39 is 0 Å². The van der Waals surface area contributed by atoms with Crippen LogP contribution in [0.2, 0.25) is 0 Å². The smallest absolute Gasteiger partial charge is 0.212 e. The molecule has 6 heterocycles. The van der Waals surface area contributed by atoms with Crippen molar-refractivity contribution >= 4 is 22.4 Å². The van der Waals surface area contributed by atoms with Crippen molar-refractivity contribution in [1.29, 1.82) is 0 Å². The van der Waals surface area contributed by atoms with Crippen molar-refractivity contribution in [1.82, 2.24) is 29.8 Å². The number of methoxy groups -OCH3 is 1. The fourth-order valence-electron chi connectivity index (χ4n) is 4.77. The van der Waals surface area contributed by atoms with Crippen molar-refractivity contribution in [3.63, 3.8) is 0 Å². The van der Waals surface area contributed by atoms with Gasteiger partial charge in [0, 0.05) is 42.7 Å². The fraction of sp³-hybridized carbons (Fsp3) is 0.280. The molecule has 1 aliphatic heterocycles. The van der Waals surface area contributed by atoms with E-state index in [1.807, 2.05) is 54.3 Å². The Labute approximate surface area is 201 Å². The molecule has 0 unspecified atom stereocenters. The van der Waals surface area contributed by atoms with Gasteiger partial charge >= 0.3 is 0 Å². The molecule has 0 aliphatic carbocycles. The second kappa shape index (κ2) is 8.24. The molecule has 5 aromatic rings. The lowest BCUT2D eigenvalue weighted by Gasteiger charge is -2.48. The number of nitrogens with two attached hydrogens (primary N) is 1. The fourth-order valence-corrected chi connectivity index (χ4v) is 4.77. The van der Waals surface area contributed by atoms with Gasteiger partial charge in [0.15, 0.2) is 5.65 Å². The predicted molar refractivity (Wildman–Crippen MR) is 133 cm³/mol. The summed E-state index contributed by atoms with van der Waals surface area (Å²) in [5, 5.41) is 12.6. The predicted octanol–water partition coefficient (Wildman–Crippen LogP) is 2.84. The quantitative estimate of drug-likeness (QED) is 0.373. The minimum Gasteiger partial charge on any atom is -0.492 e. The van der Waals surface area contributed by atoms with Crippen molar-refractivity contribution in [2.24, 2.45) is 5.73 Å². The van der Waals surface area contributed by atoms with Gasteiger partial charge in [0.25, 0.3) is 0 Å². The van der Waals surface area contributed by atoms with E-state index in [9.17, 15) is 0 Å². The molecule has 10 heteroatoms. The molecule has 35 heavy (non-hydrogen) atoms. The molecule has 0 atom stereocenters. The number of nitrogens with zero attached hydrogens (tertiary/aromatic N) is 6. The number of fused-ring (bicyclic) bond motifs is 3. The van der Waals surface area contributed by atoms with Gasteiger partial charge in [-0.1, -0.05) is 6.07 Å². The zero-order chi connectivity index (χ0) is 24.0. The van der Waals surface area contributed by atoms with Gasteiger partial charge in [-0.15, -0.1) is 5.10 Å². The van der Waals surface area contributed by atoms with Gasteiger partial charge in [-0.05, 0) is 37.1 Å². The Hall–Kier alpha value is -4.18.